The molecule has 0 amide bonds. The van der Waals surface area contributed by atoms with Crippen molar-refractivity contribution in [2.75, 3.05) is 0 Å². The van der Waals surface area contributed by atoms with Crippen molar-refractivity contribution in [1.29, 1.82) is 0 Å². The molecule has 106 valence electrons. The zero-order valence-corrected chi connectivity index (χ0v) is 12.6. The van der Waals surface area contributed by atoms with Gasteiger partial charge in [0.2, 0.25) is 0 Å². The lowest BCUT2D eigenvalue weighted by molar-refractivity contribution is 0.176. The van der Waals surface area contributed by atoms with E-state index in [0.29, 0.717) is 5.92 Å². The molecule has 1 saturated carbocycles. The fourth-order valence-corrected chi connectivity index (χ4v) is 3.06. The predicted octanol–water partition coefficient (Wildman–Crippen LogP) is 4.08. The Labute approximate surface area is 117 Å². The molecule has 1 aromatic carbocycles. The van der Waals surface area contributed by atoms with Gasteiger partial charge in [-0.25, -0.2) is 0 Å². The molecule has 1 fully saturated rings. The lowest BCUT2D eigenvalue weighted by Gasteiger charge is -2.40. The van der Waals surface area contributed by atoms with Crippen molar-refractivity contribution in [3.05, 3.63) is 29.8 Å². The Balaban J connectivity index is 2.21. The molecular formula is C17H27NO. The summed E-state index contributed by atoms with van der Waals surface area (Å²) in [6.45, 7) is 8.76. The highest BCUT2D eigenvalue weighted by molar-refractivity contribution is 5.34. The first-order valence-electron chi connectivity index (χ1n) is 7.47. The molecule has 1 aliphatic carbocycles. The largest absolute Gasteiger partial charge is 0.491 e. The van der Waals surface area contributed by atoms with E-state index in [4.69, 9.17) is 10.5 Å². The van der Waals surface area contributed by atoms with Crippen LogP contribution in [0.25, 0.3) is 0 Å². The van der Waals surface area contributed by atoms with Crippen LogP contribution in [-0.4, -0.2) is 6.10 Å². The lowest BCUT2D eigenvalue weighted by atomic mass is 9.69. The highest BCUT2D eigenvalue weighted by Gasteiger charge is 2.35. The smallest absolute Gasteiger partial charge is 0.120 e. The second-order valence-corrected chi connectivity index (χ2v) is 6.55. The fraction of sp³-hybridized carbons (Fsp3) is 0.647. The first-order valence-corrected chi connectivity index (χ1v) is 7.47. The van der Waals surface area contributed by atoms with Gasteiger partial charge < -0.3 is 10.5 Å². The second-order valence-electron chi connectivity index (χ2n) is 6.55. The van der Waals surface area contributed by atoms with Crippen molar-refractivity contribution in [2.24, 2.45) is 17.6 Å². The average molecular weight is 261 g/mol. The molecule has 0 bridgehead atoms. The quantitative estimate of drug-likeness (QED) is 0.889. The van der Waals surface area contributed by atoms with E-state index in [1.54, 1.807) is 0 Å². The topological polar surface area (TPSA) is 35.2 Å². The summed E-state index contributed by atoms with van der Waals surface area (Å²) in [6.07, 6.45) is 3.56. The molecule has 2 nitrogen and oxygen atoms in total. The van der Waals surface area contributed by atoms with Gasteiger partial charge in [-0.2, -0.15) is 0 Å². The molecule has 19 heavy (non-hydrogen) atoms. The first-order chi connectivity index (χ1) is 8.90. The maximum absolute atomic E-state index is 6.68. The SMILES string of the molecule is CC(C)Oc1cccc(C2(N)CCC(C)C(C)C2)c1. The third-order valence-electron chi connectivity index (χ3n) is 4.48. The Kier molecular flexibility index (Phi) is 4.19. The number of rotatable bonds is 3. The van der Waals surface area contributed by atoms with E-state index in [1.165, 1.54) is 12.0 Å². The lowest BCUT2D eigenvalue weighted by Crippen LogP contribution is -2.43. The first kappa shape index (κ1) is 14.4. The van der Waals surface area contributed by atoms with Gasteiger partial charge in [0.1, 0.15) is 5.75 Å². The van der Waals surface area contributed by atoms with Crippen LogP contribution in [0, 0.1) is 11.8 Å². The van der Waals surface area contributed by atoms with Gasteiger partial charge >= 0.3 is 0 Å². The van der Waals surface area contributed by atoms with Gasteiger partial charge in [-0.3, -0.25) is 0 Å². The zero-order valence-electron chi connectivity index (χ0n) is 12.6. The molecule has 2 N–H and O–H groups in total. The van der Waals surface area contributed by atoms with Crippen molar-refractivity contribution < 1.29 is 4.74 Å². The van der Waals surface area contributed by atoms with Crippen LogP contribution in [0.1, 0.15) is 52.5 Å². The summed E-state index contributed by atoms with van der Waals surface area (Å²) < 4.78 is 5.78. The van der Waals surface area contributed by atoms with Gasteiger partial charge in [0.15, 0.2) is 0 Å². The normalized spacial score (nSPS) is 31.5. The van der Waals surface area contributed by atoms with E-state index < -0.39 is 0 Å². The molecule has 2 heteroatoms. The summed E-state index contributed by atoms with van der Waals surface area (Å²) in [4.78, 5) is 0. The van der Waals surface area contributed by atoms with E-state index in [1.807, 2.05) is 6.07 Å². The number of nitrogens with two attached hydrogens (primary N) is 1. The van der Waals surface area contributed by atoms with Crippen molar-refractivity contribution in [1.82, 2.24) is 0 Å². The molecule has 2 rings (SSSR count). The number of hydrogen-bond acceptors (Lipinski definition) is 2. The van der Waals surface area contributed by atoms with Crippen LogP contribution in [0.5, 0.6) is 5.75 Å². The highest BCUT2D eigenvalue weighted by atomic mass is 16.5. The minimum Gasteiger partial charge on any atom is -0.491 e. The minimum absolute atomic E-state index is 0.178. The molecule has 3 unspecified atom stereocenters. The van der Waals surface area contributed by atoms with Crippen LogP contribution in [0.4, 0.5) is 0 Å². The summed E-state index contributed by atoms with van der Waals surface area (Å²) in [7, 11) is 0. The molecule has 0 aliphatic heterocycles. The van der Waals surface area contributed by atoms with Gasteiger partial charge in [-0.05, 0) is 62.6 Å². The third kappa shape index (κ3) is 3.30. The van der Waals surface area contributed by atoms with Crippen LogP contribution >= 0.6 is 0 Å². The number of benzene rings is 1. The third-order valence-corrected chi connectivity index (χ3v) is 4.48. The van der Waals surface area contributed by atoms with Gasteiger partial charge in [-0.1, -0.05) is 26.0 Å². The molecule has 0 saturated heterocycles. The van der Waals surface area contributed by atoms with E-state index in [-0.39, 0.29) is 11.6 Å². The second kappa shape index (κ2) is 5.54. The minimum atomic E-state index is -0.178. The van der Waals surface area contributed by atoms with Crippen molar-refractivity contribution >= 4 is 0 Å². The van der Waals surface area contributed by atoms with Crippen LogP contribution in [-0.2, 0) is 5.54 Å². The Hall–Kier alpha value is -1.02. The van der Waals surface area contributed by atoms with Crippen molar-refractivity contribution in [2.45, 2.75) is 58.6 Å². The maximum Gasteiger partial charge on any atom is 0.120 e. The summed E-state index contributed by atoms with van der Waals surface area (Å²) in [5.41, 5.74) is 7.73. The Morgan fingerprint density at radius 3 is 2.63 bits per heavy atom. The summed E-state index contributed by atoms with van der Waals surface area (Å²) in [5.74, 6) is 2.41. The summed E-state index contributed by atoms with van der Waals surface area (Å²) in [6, 6.07) is 8.35. The summed E-state index contributed by atoms with van der Waals surface area (Å²) >= 11 is 0. The highest BCUT2D eigenvalue weighted by Crippen LogP contribution is 2.41. The standard InChI is InChI=1S/C17H27NO/c1-12(2)19-16-7-5-6-15(10-16)17(18)9-8-13(3)14(4)11-17/h5-7,10,12-14H,8-9,11,18H2,1-4H3. The molecule has 0 spiro atoms. The van der Waals surface area contributed by atoms with Crippen LogP contribution < -0.4 is 10.5 Å². The van der Waals surface area contributed by atoms with E-state index in [2.05, 4.69) is 45.9 Å². The number of hydrogen-bond donors (Lipinski definition) is 1. The fourth-order valence-electron chi connectivity index (χ4n) is 3.06. The van der Waals surface area contributed by atoms with Crippen LogP contribution in [0.15, 0.2) is 24.3 Å². The molecule has 0 radical (unpaired) electrons. The maximum atomic E-state index is 6.68. The van der Waals surface area contributed by atoms with E-state index in [0.717, 1.165) is 24.5 Å². The summed E-state index contributed by atoms with van der Waals surface area (Å²) in [5, 5.41) is 0. The Morgan fingerprint density at radius 1 is 1.26 bits per heavy atom. The van der Waals surface area contributed by atoms with Gasteiger partial charge in [-0.15, -0.1) is 0 Å². The molecule has 0 heterocycles. The van der Waals surface area contributed by atoms with Gasteiger partial charge in [0.25, 0.3) is 0 Å². The van der Waals surface area contributed by atoms with E-state index in [9.17, 15) is 0 Å². The van der Waals surface area contributed by atoms with Crippen LogP contribution in [0.3, 0.4) is 0 Å². The molecule has 3 atom stereocenters. The number of ether oxygens (including phenoxy) is 1. The monoisotopic (exact) mass is 261 g/mol. The van der Waals surface area contributed by atoms with Crippen LogP contribution in [0.2, 0.25) is 0 Å². The Bertz CT molecular complexity index is 429. The van der Waals surface area contributed by atoms with Gasteiger partial charge in [0, 0.05) is 5.54 Å². The predicted molar refractivity (Wildman–Crippen MR) is 80.3 cm³/mol. The van der Waals surface area contributed by atoms with Crippen molar-refractivity contribution in [3.8, 4) is 5.75 Å². The molecule has 0 aromatic heterocycles. The molecule has 1 aliphatic rings. The Morgan fingerprint density at radius 2 is 2.00 bits per heavy atom. The van der Waals surface area contributed by atoms with Crippen molar-refractivity contribution in [3.63, 3.8) is 0 Å². The van der Waals surface area contributed by atoms with Gasteiger partial charge in [0.05, 0.1) is 6.10 Å². The molecule has 1 aromatic rings. The average Bonchev–Trinajstić information content (AvgIpc) is 2.34. The zero-order chi connectivity index (χ0) is 14.0. The molecular weight excluding hydrogens is 234 g/mol. The van der Waals surface area contributed by atoms with E-state index >= 15 is 0 Å².